The van der Waals surface area contributed by atoms with E-state index in [1.165, 1.54) is 28.9 Å². The molecule has 2 amide bonds. The van der Waals surface area contributed by atoms with E-state index < -0.39 is 17.6 Å². The largest absolute Gasteiger partial charge is 0.417 e. The van der Waals surface area contributed by atoms with Crippen molar-refractivity contribution in [3.63, 3.8) is 0 Å². The summed E-state index contributed by atoms with van der Waals surface area (Å²) in [6.45, 7) is 7.25. The maximum Gasteiger partial charge on any atom is 0.417 e. The first kappa shape index (κ1) is 24.9. The van der Waals surface area contributed by atoms with Crippen molar-refractivity contribution in [2.24, 2.45) is 0 Å². The van der Waals surface area contributed by atoms with E-state index in [-0.39, 0.29) is 29.8 Å². The molecular formula is C24H26F3N5O2. The lowest BCUT2D eigenvalue weighted by Crippen LogP contribution is -2.35. The Morgan fingerprint density at radius 2 is 1.74 bits per heavy atom. The first-order valence-corrected chi connectivity index (χ1v) is 10.6. The highest BCUT2D eigenvalue weighted by Gasteiger charge is 2.31. The van der Waals surface area contributed by atoms with Crippen LogP contribution in [0.15, 0.2) is 42.7 Å². The second-order valence-corrected chi connectivity index (χ2v) is 8.39. The Morgan fingerprint density at radius 3 is 2.26 bits per heavy atom. The molecule has 0 aliphatic rings. The number of pyridine rings is 1. The zero-order valence-corrected chi connectivity index (χ0v) is 19.6. The van der Waals surface area contributed by atoms with Gasteiger partial charge in [-0.3, -0.25) is 9.59 Å². The van der Waals surface area contributed by atoms with Gasteiger partial charge in [-0.1, -0.05) is 32.0 Å². The van der Waals surface area contributed by atoms with Crippen LogP contribution < -0.4 is 5.32 Å². The molecule has 0 bridgehead atoms. The molecule has 3 rings (SSSR count). The first-order chi connectivity index (χ1) is 15.9. The number of hydrogen-bond donors (Lipinski definition) is 1. The Labute approximate surface area is 195 Å². The molecule has 10 heteroatoms. The van der Waals surface area contributed by atoms with Gasteiger partial charge in [0.2, 0.25) is 5.91 Å². The van der Waals surface area contributed by atoms with Crippen molar-refractivity contribution in [2.45, 2.75) is 39.8 Å². The Hall–Kier alpha value is -3.69. The number of para-hydroxylation sites is 1. The van der Waals surface area contributed by atoms with Gasteiger partial charge in [0, 0.05) is 18.9 Å². The van der Waals surface area contributed by atoms with Gasteiger partial charge >= 0.3 is 6.18 Å². The van der Waals surface area contributed by atoms with Gasteiger partial charge in [-0.15, -0.1) is 0 Å². The van der Waals surface area contributed by atoms with Crippen LogP contribution in [0.3, 0.4) is 0 Å². The number of aryl methyl sites for hydroxylation is 2. The minimum absolute atomic E-state index is 0.158. The van der Waals surface area contributed by atoms with Gasteiger partial charge in [0.15, 0.2) is 5.82 Å². The van der Waals surface area contributed by atoms with Crippen LogP contribution in [0.5, 0.6) is 0 Å². The minimum Gasteiger partial charge on any atom is -0.332 e. The third-order valence-corrected chi connectivity index (χ3v) is 5.35. The van der Waals surface area contributed by atoms with E-state index in [9.17, 15) is 22.8 Å². The standard InChI is InChI=1S/C24H26F3N5O2/c1-14(2)22-18(12-29-32(22)19-10-9-17(11-28-19)24(25,26)27)23(34)31(5)13-20(33)30-21-15(3)7-6-8-16(21)4/h6-12,14H,13H2,1-5H3,(H,30,33). The summed E-state index contributed by atoms with van der Waals surface area (Å²) < 4.78 is 40.0. The molecule has 0 atom stereocenters. The number of aromatic nitrogens is 3. The number of nitrogens with one attached hydrogen (secondary N) is 1. The number of benzene rings is 1. The fourth-order valence-corrected chi connectivity index (χ4v) is 3.62. The van der Waals surface area contributed by atoms with Crippen LogP contribution in [-0.2, 0) is 11.0 Å². The fourth-order valence-electron chi connectivity index (χ4n) is 3.62. The summed E-state index contributed by atoms with van der Waals surface area (Å²) in [5.74, 6) is -0.816. The lowest BCUT2D eigenvalue weighted by molar-refractivity contribution is -0.137. The normalized spacial score (nSPS) is 11.6. The molecule has 180 valence electrons. The van der Waals surface area contributed by atoms with E-state index in [0.717, 1.165) is 23.4 Å². The predicted octanol–water partition coefficient (Wildman–Crippen LogP) is 4.74. The first-order valence-electron chi connectivity index (χ1n) is 10.6. The van der Waals surface area contributed by atoms with Crippen molar-refractivity contribution in [1.29, 1.82) is 0 Å². The molecule has 0 aliphatic heterocycles. The topological polar surface area (TPSA) is 80.1 Å². The molecule has 0 saturated heterocycles. The number of likely N-dealkylation sites (N-methyl/N-ethyl adjacent to an activating group) is 1. The van der Waals surface area contributed by atoms with Gasteiger partial charge < -0.3 is 10.2 Å². The number of nitrogens with zero attached hydrogens (tertiary/aromatic N) is 4. The molecule has 0 unspecified atom stereocenters. The van der Waals surface area contributed by atoms with Crippen molar-refractivity contribution in [1.82, 2.24) is 19.7 Å². The highest BCUT2D eigenvalue weighted by molar-refractivity contribution is 6.00. The summed E-state index contributed by atoms with van der Waals surface area (Å²) in [6, 6.07) is 7.79. The van der Waals surface area contributed by atoms with Crippen LogP contribution in [0, 0.1) is 13.8 Å². The molecule has 1 aromatic carbocycles. The van der Waals surface area contributed by atoms with Crippen LogP contribution in [0.4, 0.5) is 18.9 Å². The van der Waals surface area contributed by atoms with Crippen LogP contribution in [0.2, 0.25) is 0 Å². The van der Waals surface area contributed by atoms with Gasteiger partial charge in [-0.05, 0) is 43.0 Å². The second-order valence-electron chi connectivity index (χ2n) is 8.39. The SMILES string of the molecule is Cc1cccc(C)c1NC(=O)CN(C)C(=O)c1cnn(-c2ccc(C(F)(F)F)cn2)c1C(C)C. The number of rotatable bonds is 6. The highest BCUT2D eigenvalue weighted by atomic mass is 19.4. The number of alkyl halides is 3. The fraction of sp³-hybridized carbons (Fsp3) is 0.333. The predicted molar refractivity (Wildman–Crippen MR) is 122 cm³/mol. The van der Waals surface area contributed by atoms with Gasteiger partial charge in [-0.25, -0.2) is 9.67 Å². The number of anilines is 1. The summed E-state index contributed by atoms with van der Waals surface area (Å²) in [4.78, 5) is 30.9. The van der Waals surface area contributed by atoms with E-state index in [1.807, 2.05) is 45.9 Å². The van der Waals surface area contributed by atoms with Crippen LogP contribution >= 0.6 is 0 Å². The van der Waals surface area contributed by atoms with Crippen LogP contribution in [0.1, 0.15) is 52.5 Å². The highest BCUT2D eigenvalue weighted by Crippen LogP contribution is 2.29. The third kappa shape index (κ3) is 5.27. The second kappa shape index (κ2) is 9.66. The monoisotopic (exact) mass is 473 g/mol. The molecule has 0 radical (unpaired) electrons. The van der Waals surface area contributed by atoms with Gasteiger partial charge in [-0.2, -0.15) is 18.3 Å². The maximum atomic E-state index is 13.1. The molecule has 1 N–H and O–H groups in total. The van der Waals surface area contributed by atoms with Crippen molar-refractivity contribution in [2.75, 3.05) is 18.9 Å². The number of hydrogen-bond acceptors (Lipinski definition) is 4. The average molecular weight is 473 g/mol. The Balaban J connectivity index is 1.82. The van der Waals surface area contributed by atoms with Crippen molar-refractivity contribution >= 4 is 17.5 Å². The van der Waals surface area contributed by atoms with E-state index >= 15 is 0 Å². The summed E-state index contributed by atoms with van der Waals surface area (Å²) in [6.07, 6.45) is -2.43. The van der Waals surface area contributed by atoms with E-state index in [0.29, 0.717) is 11.4 Å². The number of carbonyl (C=O) groups is 2. The van der Waals surface area contributed by atoms with Crippen molar-refractivity contribution < 1.29 is 22.8 Å². The summed E-state index contributed by atoms with van der Waals surface area (Å²) in [7, 11) is 1.50. The van der Waals surface area contributed by atoms with E-state index in [1.54, 1.807) is 0 Å². The number of halogens is 3. The van der Waals surface area contributed by atoms with Crippen LogP contribution in [-0.4, -0.2) is 45.1 Å². The molecular weight excluding hydrogens is 447 g/mol. The van der Waals surface area contributed by atoms with Gasteiger partial charge in [0.25, 0.3) is 5.91 Å². The quantitative estimate of drug-likeness (QED) is 0.561. The average Bonchev–Trinajstić information content (AvgIpc) is 3.21. The molecule has 2 aromatic heterocycles. The zero-order chi connectivity index (χ0) is 25.2. The van der Waals surface area contributed by atoms with E-state index in [4.69, 9.17) is 0 Å². The lowest BCUT2D eigenvalue weighted by atomic mass is 10.0. The minimum atomic E-state index is -4.50. The summed E-state index contributed by atoms with van der Waals surface area (Å²) >= 11 is 0. The summed E-state index contributed by atoms with van der Waals surface area (Å²) in [5, 5.41) is 7.04. The number of amides is 2. The number of carbonyl (C=O) groups excluding carboxylic acids is 2. The zero-order valence-electron chi connectivity index (χ0n) is 19.6. The molecule has 0 spiro atoms. The molecule has 3 aromatic rings. The van der Waals surface area contributed by atoms with E-state index in [2.05, 4.69) is 15.4 Å². The Bertz CT molecular complexity index is 1180. The lowest BCUT2D eigenvalue weighted by Gasteiger charge is -2.19. The van der Waals surface area contributed by atoms with Gasteiger partial charge in [0.1, 0.15) is 0 Å². The molecule has 2 heterocycles. The molecule has 0 saturated carbocycles. The molecule has 0 aliphatic carbocycles. The van der Waals surface area contributed by atoms with Crippen molar-refractivity contribution in [3.8, 4) is 5.82 Å². The molecule has 7 nitrogen and oxygen atoms in total. The van der Waals surface area contributed by atoms with Gasteiger partial charge in [0.05, 0.1) is 29.6 Å². The van der Waals surface area contributed by atoms with Crippen LogP contribution in [0.25, 0.3) is 5.82 Å². The molecule has 34 heavy (non-hydrogen) atoms. The summed E-state index contributed by atoms with van der Waals surface area (Å²) in [5.41, 5.74) is 2.39. The smallest absolute Gasteiger partial charge is 0.332 e. The molecule has 0 fully saturated rings. The third-order valence-electron chi connectivity index (χ3n) is 5.35. The Morgan fingerprint density at radius 1 is 1.09 bits per heavy atom. The Kier molecular flexibility index (Phi) is 7.09. The maximum absolute atomic E-state index is 13.1. The van der Waals surface area contributed by atoms with Crippen molar-refractivity contribution in [3.05, 3.63) is 70.7 Å².